The van der Waals surface area contributed by atoms with Crippen LogP contribution in [0, 0.1) is 11.3 Å². The van der Waals surface area contributed by atoms with Gasteiger partial charge in [0.1, 0.15) is 0 Å². The van der Waals surface area contributed by atoms with Crippen LogP contribution in [0.15, 0.2) is 12.1 Å². The summed E-state index contributed by atoms with van der Waals surface area (Å²) in [6.07, 6.45) is 0.323. The van der Waals surface area contributed by atoms with Gasteiger partial charge in [-0.1, -0.05) is 26.8 Å². The molecule has 1 aromatic carbocycles. The van der Waals surface area contributed by atoms with Crippen molar-refractivity contribution in [2.24, 2.45) is 0 Å². The van der Waals surface area contributed by atoms with Gasteiger partial charge in [-0.2, -0.15) is 5.26 Å². The molecule has 1 rings (SSSR count). The second kappa shape index (κ2) is 5.09. The summed E-state index contributed by atoms with van der Waals surface area (Å²) in [4.78, 5) is 0. The molecule has 3 heteroatoms. The molecule has 3 nitrogen and oxygen atoms in total. The number of ether oxygens (including phenoxy) is 2. The maximum atomic E-state index is 8.85. The fourth-order valence-electron chi connectivity index (χ4n) is 1.69. The molecule has 0 heterocycles. The molecule has 0 spiro atoms. The van der Waals surface area contributed by atoms with Gasteiger partial charge < -0.3 is 9.47 Å². The van der Waals surface area contributed by atoms with Gasteiger partial charge in [-0.25, -0.2) is 0 Å². The Kier molecular flexibility index (Phi) is 4.01. The van der Waals surface area contributed by atoms with Gasteiger partial charge in [-0.15, -0.1) is 0 Å². The minimum absolute atomic E-state index is 0.0176. The minimum Gasteiger partial charge on any atom is -0.493 e. The molecule has 0 aromatic heterocycles. The first-order valence-electron chi connectivity index (χ1n) is 5.56. The Morgan fingerprint density at radius 1 is 1.18 bits per heavy atom. The molecule has 1 aromatic rings. The molecule has 0 bridgehead atoms. The number of benzene rings is 1. The lowest BCUT2D eigenvalue weighted by Gasteiger charge is -2.22. The summed E-state index contributed by atoms with van der Waals surface area (Å²) < 4.78 is 10.6. The quantitative estimate of drug-likeness (QED) is 0.805. The molecule has 0 unspecified atom stereocenters. The Balaban J connectivity index is 3.41. The van der Waals surface area contributed by atoms with E-state index < -0.39 is 0 Å². The average molecular weight is 233 g/mol. The summed E-state index contributed by atoms with van der Waals surface area (Å²) in [6.45, 7) is 6.39. The van der Waals surface area contributed by atoms with Gasteiger partial charge >= 0.3 is 0 Å². The Morgan fingerprint density at radius 2 is 1.82 bits per heavy atom. The Bertz CT molecular complexity index is 439. The molecule has 0 amide bonds. The largest absolute Gasteiger partial charge is 0.493 e. The number of hydrogen-bond acceptors (Lipinski definition) is 3. The lowest BCUT2D eigenvalue weighted by atomic mass is 9.85. The van der Waals surface area contributed by atoms with Gasteiger partial charge in [0.25, 0.3) is 0 Å². The van der Waals surface area contributed by atoms with E-state index in [1.807, 2.05) is 12.1 Å². The fraction of sp³-hybridized carbons (Fsp3) is 0.500. The summed E-state index contributed by atoms with van der Waals surface area (Å²) >= 11 is 0. The molecule has 92 valence electrons. The molecular formula is C14H19NO2. The zero-order valence-corrected chi connectivity index (χ0v) is 11.1. The first-order chi connectivity index (χ1) is 7.93. The lowest BCUT2D eigenvalue weighted by molar-refractivity contribution is 0.351. The standard InChI is InChI=1S/C14H19NO2/c1-14(2,3)11-8-10(6-7-15)13(17-5)12(9-11)16-4/h8-9H,6H2,1-5H3. The number of rotatable bonds is 3. The number of hydrogen-bond donors (Lipinski definition) is 0. The van der Waals surface area contributed by atoms with E-state index in [2.05, 4.69) is 26.8 Å². The highest BCUT2D eigenvalue weighted by molar-refractivity contribution is 5.51. The fourth-order valence-corrected chi connectivity index (χ4v) is 1.69. The van der Waals surface area contributed by atoms with E-state index in [9.17, 15) is 0 Å². The van der Waals surface area contributed by atoms with Crippen LogP contribution in [-0.2, 0) is 11.8 Å². The summed E-state index contributed by atoms with van der Waals surface area (Å²) in [5.41, 5.74) is 2.03. The van der Waals surface area contributed by atoms with Crippen LogP contribution >= 0.6 is 0 Å². The van der Waals surface area contributed by atoms with Crippen molar-refractivity contribution < 1.29 is 9.47 Å². The normalized spacial score (nSPS) is 10.8. The van der Waals surface area contributed by atoms with Crippen LogP contribution in [0.3, 0.4) is 0 Å². The Hall–Kier alpha value is -1.69. The maximum absolute atomic E-state index is 8.85. The second-order valence-electron chi connectivity index (χ2n) is 4.96. The van der Waals surface area contributed by atoms with Crippen molar-refractivity contribution in [3.05, 3.63) is 23.3 Å². The van der Waals surface area contributed by atoms with E-state index in [-0.39, 0.29) is 5.41 Å². The third kappa shape index (κ3) is 2.91. The molecule has 0 saturated carbocycles. The third-order valence-electron chi connectivity index (χ3n) is 2.69. The Morgan fingerprint density at radius 3 is 2.24 bits per heavy atom. The molecule has 0 N–H and O–H groups in total. The summed E-state index contributed by atoms with van der Waals surface area (Å²) in [5.74, 6) is 1.34. The van der Waals surface area contributed by atoms with Crippen molar-refractivity contribution in [1.82, 2.24) is 0 Å². The minimum atomic E-state index is 0.0176. The zero-order chi connectivity index (χ0) is 13.1. The van der Waals surface area contributed by atoms with Gasteiger partial charge in [0.2, 0.25) is 0 Å². The molecule has 0 atom stereocenters. The number of methoxy groups -OCH3 is 2. The van der Waals surface area contributed by atoms with Crippen molar-refractivity contribution in [3.8, 4) is 17.6 Å². The van der Waals surface area contributed by atoms with E-state index in [4.69, 9.17) is 14.7 Å². The van der Waals surface area contributed by atoms with Crippen LogP contribution < -0.4 is 9.47 Å². The maximum Gasteiger partial charge on any atom is 0.164 e. The van der Waals surface area contributed by atoms with Crippen LogP contribution in [0.1, 0.15) is 31.9 Å². The number of nitrogens with zero attached hydrogens (tertiary/aromatic N) is 1. The molecule has 0 fully saturated rings. The van der Waals surface area contributed by atoms with Crippen molar-refractivity contribution in [3.63, 3.8) is 0 Å². The van der Waals surface area contributed by atoms with Crippen molar-refractivity contribution in [2.75, 3.05) is 14.2 Å². The van der Waals surface area contributed by atoms with E-state index in [1.165, 1.54) is 0 Å². The van der Waals surface area contributed by atoms with Crippen LogP contribution in [-0.4, -0.2) is 14.2 Å². The predicted molar refractivity (Wildman–Crippen MR) is 67.6 cm³/mol. The lowest BCUT2D eigenvalue weighted by Crippen LogP contribution is -2.12. The first kappa shape index (κ1) is 13.4. The Labute approximate surface area is 103 Å². The molecule has 17 heavy (non-hydrogen) atoms. The summed E-state index contributed by atoms with van der Waals surface area (Å²) in [7, 11) is 3.20. The SMILES string of the molecule is COc1cc(C(C)(C)C)cc(CC#N)c1OC. The van der Waals surface area contributed by atoms with Crippen LogP contribution in [0.25, 0.3) is 0 Å². The molecule has 0 aliphatic rings. The molecule has 0 radical (unpaired) electrons. The van der Waals surface area contributed by atoms with Crippen molar-refractivity contribution in [2.45, 2.75) is 32.6 Å². The smallest absolute Gasteiger partial charge is 0.164 e. The van der Waals surface area contributed by atoms with Crippen molar-refractivity contribution >= 4 is 0 Å². The molecule has 0 aliphatic carbocycles. The number of nitriles is 1. The van der Waals surface area contributed by atoms with Gasteiger partial charge in [-0.3, -0.25) is 0 Å². The molecule has 0 saturated heterocycles. The summed E-state index contributed by atoms with van der Waals surface area (Å²) in [6, 6.07) is 6.14. The van der Waals surface area contributed by atoms with Gasteiger partial charge in [-0.05, 0) is 17.0 Å². The highest BCUT2D eigenvalue weighted by Crippen LogP contribution is 2.36. The van der Waals surface area contributed by atoms with E-state index in [1.54, 1.807) is 14.2 Å². The van der Waals surface area contributed by atoms with E-state index in [0.29, 0.717) is 17.9 Å². The van der Waals surface area contributed by atoms with Crippen LogP contribution in [0.4, 0.5) is 0 Å². The van der Waals surface area contributed by atoms with E-state index in [0.717, 1.165) is 11.1 Å². The summed E-state index contributed by atoms with van der Waals surface area (Å²) in [5, 5.41) is 8.85. The second-order valence-corrected chi connectivity index (χ2v) is 4.96. The van der Waals surface area contributed by atoms with Gasteiger partial charge in [0.15, 0.2) is 11.5 Å². The third-order valence-corrected chi connectivity index (χ3v) is 2.69. The average Bonchev–Trinajstić information content (AvgIpc) is 2.27. The monoisotopic (exact) mass is 233 g/mol. The van der Waals surface area contributed by atoms with Crippen LogP contribution in [0.2, 0.25) is 0 Å². The zero-order valence-electron chi connectivity index (χ0n) is 11.1. The van der Waals surface area contributed by atoms with Gasteiger partial charge in [0, 0.05) is 5.56 Å². The topological polar surface area (TPSA) is 42.2 Å². The molecular weight excluding hydrogens is 214 g/mol. The first-order valence-corrected chi connectivity index (χ1v) is 5.56. The van der Waals surface area contributed by atoms with E-state index >= 15 is 0 Å². The predicted octanol–water partition coefficient (Wildman–Crippen LogP) is 3.07. The molecule has 0 aliphatic heterocycles. The highest BCUT2D eigenvalue weighted by atomic mass is 16.5. The van der Waals surface area contributed by atoms with Crippen molar-refractivity contribution in [1.29, 1.82) is 5.26 Å². The van der Waals surface area contributed by atoms with Crippen LogP contribution in [0.5, 0.6) is 11.5 Å². The van der Waals surface area contributed by atoms with Gasteiger partial charge in [0.05, 0.1) is 26.7 Å². The highest BCUT2D eigenvalue weighted by Gasteiger charge is 2.19.